The van der Waals surface area contributed by atoms with Crippen LogP contribution in [-0.4, -0.2) is 11.9 Å². The molecule has 0 fully saturated rings. The van der Waals surface area contributed by atoms with E-state index in [0.29, 0.717) is 0 Å². The molecular weight excluding hydrogens is 208 g/mol. The second-order valence-electron chi connectivity index (χ2n) is 3.77. The van der Waals surface area contributed by atoms with Crippen LogP contribution in [0, 0.1) is 6.92 Å². The summed E-state index contributed by atoms with van der Waals surface area (Å²) in [6.45, 7) is 9.85. The molecule has 0 spiro atoms. The maximum Gasteiger partial charge on any atom is 0.0662 e. The molecule has 1 aromatic carbocycles. The quantitative estimate of drug-likeness (QED) is 0.686. The Bertz CT molecular complexity index is 479. The van der Waals surface area contributed by atoms with Crippen LogP contribution >= 0.6 is 0 Å². The van der Waals surface area contributed by atoms with Crippen LogP contribution in [0.15, 0.2) is 58.7 Å². The summed E-state index contributed by atoms with van der Waals surface area (Å²) in [7, 11) is 0. The van der Waals surface area contributed by atoms with Gasteiger partial charge >= 0.3 is 0 Å². The van der Waals surface area contributed by atoms with Gasteiger partial charge in [-0.25, -0.2) is 0 Å². The molecule has 0 aliphatic heterocycles. The zero-order chi connectivity index (χ0) is 12.7. The Balaban J connectivity index is 2.86. The topological polar surface area (TPSA) is 24.7 Å². The predicted octanol–water partition coefficient (Wildman–Crippen LogP) is 4.25. The summed E-state index contributed by atoms with van der Waals surface area (Å²) in [6.07, 6.45) is 5.32. The standard InChI is InChI=1S/C15H18N2/c1-5-10-16-11-13(3)14(4)17-15-9-7-6-8-12(15)2/h5-11H,3H2,1-2,4H3/b10-5-,16-11?,17-14?. The summed E-state index contributed by atoms with van der Waals surface area (Å²) in [4.78, 5) is 8.63. The van der Waals surface area contributed by atoms with E-state index in [0.717, 1.165) is 22.5 Å². The smallest absolute Gasteiger partial charge is 0.0662 e. The van der Waals surface area contributed by atoms with E-state index in [1.807, 2.05) is 51.1 Å². The fraction of sp³-hybridized carbons (Fsp3) is 0.200. The SMILES string of the molecule is C=C(C=N/C=C\C)C(C)=Nc1ccccc1C. The van der Waals surface area contributed by atoms with Crippen molar-refractivity contribution < 1.29 is 0 Å². The molecule has 0 radical (unpaired) electrons. The minimum Gasteiger partial charge on any atom is -0.264 e. The molecule has 0 heterocycles. The summed E-state index contributed by atoms with van der Waals surface area (Å²) in [5, 5.41) is 0. The highest BCUT2D eigenvalue weighted by atomic mass is 14.8. The van der Waals surface area contributed by atoms with Crippen molar-refractivity contribution in [1.29, 1.82) is 0 Å². The molecule has 2 heteroatoms. The lowest BCUT2D eigenvalue weighted by Gasteiger charge is -2.02. The minimum absolute atomic E-state index is 0.825. The van der Waals surface area contributed by atoms with Gasteiger partial charge in [0.15, 0.2) is 0 Å². The number of nitrogens with zero attached hydrogens (tertiary/aromatic N) is 2. The van der Waals surface area contributed by atoms with Crippen molar-refractivity contribution in [1.82, 2.24) is 0 Å². The Labute approximate surface area is 103 Å². The van der Waals surface area contributed by atoms with Crippen molar-refractivity contribution in [2.45, 2.75) is 20.8 Å². The molecule has 0 amide bonds. The van der Waals surface area contributed by atoms with Crippen LogP contribution < -0.4 is 0 Å². The molecule has 0 aliphatic rings. The molecule has 88 valence electrons. The normalized spacial score (nSPS) is 12.5. The van der Waals surface area contributed by atoms with E-state index in [-0.39, 0.29) is 0 Å². The molecule has 1 rings (SSSR count). The van der Waals surface area contributed by atoms with E-state index in [1.54, 1.807) is 12.4 Å². The first-order valence-electron chi connectivity index (χ1n) is 5.59. The van der Waals surface area contributed by atoms with Gasteiger partial charge in [0, 0.05) is 23.7 Å². The number of hydrogen-bond acceptors (Lipinski definition) is 2. The van der Waals surface area contributed by atoms with E-state index in [9.17, 15) is 0 Å². The van der Waals surface area contributed by atoms with Crippen LogP contribution in [-0.2, 0) is 0 Å². The number of aryl methyl sites for hydroxylation is 1. The number of rotatable bonds is 4. The van der Waals surface area contributed by atoms with E-state index in [1.165, 1.54) is 0 Å². The lowest BCUT2D eigenvalue weighted by atomic mass is 10.2. The van der Waals surface area contributed by atoms with Crippen molar-refractivity contribution >= 4 is 17.6 Å². The van der Waals surface area contributed by atoms with Crippen LogP contribution in [0.1, 0.15) is 19.4 Å². The zero-order valence-corrected chi connectivity index (χ0v) is 10.6. The van der Waals surface area contributed by atoms with Crippen molar-refractivity contribution in [3.05, 3.63) is 54.3 Å². The van der Waals surface area contributed by atoms with Gasteiger partial charge < -0.3 is 0 Å². The lowest BCUT2D eigenvalue weighted by molar-refractivity contribution is 1.39. The van der Waals surface area contributed by atoms with E-state index in [2.05, 4.69) is 16.6 Å². The van der Waals surface area contributed by atoms with E-state index < -0.39 is 0 Å². The molecule has 2 nitrogen and oxygen atoms in total. The van der Waals surface area contributed by atoms with Gasteiger partial charge in [-0.2, -0.15) is 0 Å². The molecule has 0 saturated carbocycles. The Morgan fingerprint density at radius 2 is 2.00 bits per heavy atom. The fourth-order valence-corrected chi connectivity index (χ4v) is 1.25. The number of aliphatic imine (C=N–C) groups is 2. The maximum atomic E-state index is 4.54. The van der Waals surface area contributed by atoms with Crippen LogP contribution in [0.25, 0.3) is 0 Å². The zero-order valence-electron chi connectivity index (χ0n) is 10.6. The highest BCUT2D eigenvalue weighted by Gasteiger charge is 1.98. The molecule has 0 atom stereocenters. The van der Waals surface area contributed by atoms with Gasteiger partial charge in [-0.1, -0.05) is 30.9 Å². The van der Waals surface area contributed by atoms with Crippen molar-refractivity contribution in [3.63, 3.8) is 0 Å². The summed E-state index contributed by atoms with van der Waals surface area (Å²) >= 11 is 0. The maximum absolute atomic E-state index is 4.54. The number of allylic oxidation sites excluding steroid dienone is 2. The summed E-state index contributed by atoms with van der Waals surface area (Å²) in [5.74, 6) is 0. The third-order valence-electron chi connectivity index (χ3n) is 2.33. The Morgan fingerprint density at radius 3 is 2.65 bits per heavy atom. The Hall–Kier alpha value is -1.96. The highest BCUT2D eigenvalue weighted by Crippen LogP contribution is 2.18. The monoisotopic (exact) mass is 226 g/mol. The summed E-state index contributed by atoms with van der Waals surface area (Å²) in [6, 6.07) is 8.03. The molecule has 17 heavy (non-hydrogen) atoms. The molecular formula is C15H18N2. The molecule has 0 unspecified atom stereocenters. The number of hydrogen-bond donors (Lipinski definition) is 0. The van der Waals surface area contributed by atoms with Crippen LogP contribution in [0.3, 0.4) is 0 Å². The molecule has 0 aromatic heterocycles. The molecule has 0 saturated heterocycles. The van der Waals surface area contributed by atoms with Gasteiger partial charge in [0.25, 0.3) is 0 Å². The van der Waals surface area contributed by atoms with Crippen LogP contribution in [0.5, 0.6) is 0 Å². The second-order valence-corrected chi connectivity index (χ2v) is 3.77. The Morgan fingerprint density at radius 1 is 1.29 bits per heavy atom. The summed E-state index contributed by atoms with van der Waals surface area (Å²) in [5.41, 5.74) is 3.84. The Kier molecular flexibility index (Phi) is 5.08. The van der Waals surface area contributed by atoms with Gasteiger partial charge in [0.1, 0.15) is 0 Å². The summed E-state index contributed by atoms with van der Waals surface area (Å²) < 4.78 is 0. The van der Waals surface area contributed by atoms with Crippen molar-refractivity contribution in [2.24, 2.45) is 9.98 Å². The van der Waals surface area contributed by atoms with Gasteiger partial charge in [-0.05, 0) is 32.4 Å². The lowest BCUT2D eigenvalue weighted by Crippen LogP contribution is -1.96. The molecule has 0 N–H and O–H groups in total. The molecule has 1 aromatic rings. The van der Waals surface area contributed by atoms with Crippen molar-refractivity contribution in [3.8, 4) is 0 Å². The molecule has 0 bridgehead atoms. The largest absolute Gasteiger partial charge is 0.264 e. The average Bonchev–Trinajstić information content (AvgIpc) is 2.32. The van der Waals surface area contributed by atoms with E-state index >= 15 is 0 Å². The minimum atomic E-state index is 0.825. The number of para-hydroxylation sites is 1. The van der Waals surface area contributed by atoms with Crippen molar-refractivity contribution in [2.75, 3.05) is 0 Å². The first-order chi connectivity index (χ1) is 8.15. The third kappa shape index (κ3) is 4.19. The van der Waals surface area contributed by atoms with E-state index in [4.69, 9.17) is 0 Å². The number of benzene rings is 1. The first kappa shape index (κ1) is 13.1. The van der Waals surface area contributed by atoms with Gasteiger partial charge in [-0.15, -0.1) is 0 Å². The van der Waals surface area contributed by atoms with Gasteiger partial charge in [-0.3, -0.25) is 9.98 Å². The highest BCUT2D eigenvalue weighted by molar-refractivity contribution is 6.15. The first-order valence-corrected chi connectivity index (χ1v) is 5.59. The van der Waals surface area contributed by atoms with Crippen LogP contribution in [0.2, 0.25) is 0 Å². The predicted molar refractivity (Wildman–Crippen MR) is 76.4 cm³/mol. The van der Waals surface area contributed by atoms with Crippen LogP contribution in [0.4, 0.5) is 5.69 Å². The van der Waals surface area contributed by atoms with Gasteiger partial charge in [0.2, 0.25) is 0 Å². The fourth-order valence-electron chi connectivity index (χ4n) is 1.25. The van der Waals surface area contributed by atoms with Gasteiger partial charge in [0.05, 0.1) is 5.69 Å². The molecule has 0 aliphatic carbocycles. The average molecular weight is 226 g/mol. The second kappa shape index (κ2) is 6.59. The third-order valence-corrected chi connectivity index (χ3v) is 2.33.